The van der Waals surface area contributed by atoms with Crippen molar-refractivity contribution in [1.82, 2.24) is 5.32 Å². The first kappa shape index (κ1) is 17.3. The van der Waals surface area contributed by atoms with Crippen molar-refractivity contribution in [2.24, 2.45) is 0 Å². The van der Waals surface area contributed by atoms with Crippen molar-refractivity contribution >= 4 is 23.7 Å². The molecular formula is C14H18ClNO5. The lowest BCUT2D eigenvalue weighted by Gasteiger charge is -2.25. The molecule has 0 spiro atoms. The lowest BCUT2D eigenvalue weighted by molar-refractivity contribution is -0.148. The normalized spacial score (nSPS) is 14.1. The monoisotopic (exact) mass is 315 g/mol. The summed E-state index contributed by atoms with van der Waals surface area (Å²) in [6.07, 6.45) is -2.62. The number of rotatable bonds is 4. The van der Waals surface area contributed by atoms with E-state index in [4.69, 9.17) is 21.4 Å². The van der Waals surface area contributed by atoms with Crippen molar-refractivity contribution in [3.63, 3.8) is 0 Å². The maximum absolute atomic E-state index is 11.8. The minimum Gasteiger partial charge on any atom is -0.479 e. The largest absolute Gasteiger partial charge is 0.479 e. The first-order valence-electron chi connectivity index (χ1n) is 6.26. The number of aliphatic hydroxyl groups is 1. The fourth-order valence-corrected chi connectivity index (χ4v) is 1.72. The summed E-state index contributed by atoms with van der Waals surface area (Å²) in [5.74, 6) is -1.45. The molecule has 7 heteroatoms. The molecular weight excluding hydrogens is 298 g/mol. The van der Waals surface area contributed by atoms with E-state index in [0.717, 1.165) is 0 Å². The van der Waals surface area contributed by atoms with E-state index in [1.54, 1.807) is 20.8 Å². The van der Waals surface area contributed by atoms with Gasteiger partial charge in [0.1, 0.15) is 5.60 Å². The van der Waals surface area contributed by atoms with Gasteiger partial charge in [-0.15, -0.1) is 0 Å². The molecule has 6 nitrogen and oxygen atoms in total. The summed E-state index contributed by atoms with van der Waals surface area (Å²) in [6, 6.07) is 4.98. The number of amides is 1. The van der Waals surface area contributed by atoms with E-state index in [1.807, 2.05) is 0 Å². The molecule has 21 heavy (non-hydrogen) atoms. The fraction of sp³-hybridized carbons (Fsp3) is 0.429. The average Bonchev–Trinajstić information content (AvgIpc) is 2.34. The number of aliphatic carboxylic acids is 1. The van der Waals surface area contributed by atoms with E-state index >= 15 is 0 Å². The molecule has 0 radical (unpaired) electrons. The van der Waals surface area contributed by atoms with Crippen LogP contribution in [0, 0.1) is 0 Å². The highest BCUT2D eigenvalue weighted by Crippen LogP contribution is 2.21. The maximum Gasteiger partial charge on any atom is 0.408 e. The third-order valence-electron chi connectivity index (χ3n) is 2.47. The molecule has 0 aliphatic heterocycles. The molecule has 2 atom stereocenters. The number of hydrogen-bond donors (Lipinski definition) is 3. The van der Waals surface area contributed by atoms with E-state index in [2.05, 4.69) is 5.32 Å². The van der Waals surface area contributed by atoms with E-state index in [9.17, 15) is 14.7 Å². The van der Waals surface area contributed by atoms with Crippen LogP contribution in [0.4, 0.5) is 4.79 Å². The smallest absolute Gasteiger partial charge is 0.408 e. The summed E-state index contributed by atoms with van der Waals surface area (Å²) in [6.45, 7) is 5.03. The second-order valence-corrected chi connectivity index (χ2v) is 5.89. The first-order chi connectivity index (χ1) is 9.60. The Hall–Kier alpha value is -1.79. The molecule has 1 aromatic rings. The van der Waals surface area contributed by atoms with Crippen molar-refractivity contribution in [1.29, 1.82) is 0 Å². The Morgan fingerprint density at radius 1 is 1.24 bits per heavy atom. The zero-order valence-electron chi connectivity index (χ0n) is 12.0. The molecule has 0 fully saturated rings. The summed E-state index contributed by atoms with van der Waals surface area (Å²) >= 11 is 5.76. The molecule has 0 saturated heterocycles. The number of carbonyl (C=O) groups is 2. The predicted molar refractivity (Wildman–Crippen MR) is 77.2 cm³/mol. The van der Waals surface area contributed by atoms with Crippen LogP contribution in [0.5, 0.6) is 0 Å². The van der Waals surface area contributed by atoms with Gasteiger partial charge in [0.05, 0.1) is 6.04 Å². The molecule has 0 aromatic heterocycles. The number of hydrogen-bond acceptors (Lipinski definition) is 4. The van der Waals surface area contributed by atoms with E-state index in [-0.39, 0.29) is 0 Å². The lowest BCUT2D eigenvalue weighted by Crippen LogP contribution is -2.42. The second-order valence-electron chi connectivity index (χ2n) is 5.46. The number of ether oxygens (including phenoxy) is 1. The highest BCUT2D eigenvalue weighted by molar-refractivity contribution is 6.30. The molecule has 3 N–H and O–H groups in total. The SMILES string of the molecule is CC(C)(C)OC(=O)N[C@@H](c1ccc(Cl)cc1)[C@@H](O)C(=O)O. The number of carboxylic acid groups (broad SMARTS) is 1. The van der Waals surface area contributed by atoms with Crippen molar-refractivity contribution in [3.8, 4) is 0 Å². The maximum atomic E-state index is 11.8. The van der Waals surface area contributed by atoms with Gasteiger partial charge in [-0.1, -0.05) is 23.7 Å². The Morgan fingerprint density at radius 2 is 1.76 bits per heavy atom. The van der Waals surface area contributed by atoms with Gasteiger partial charge in [-0.25, -0.2) is 9.59 Å². The highest BCUT2D eigenvalue weighted by Gasteiger charge is 2.30. The van der Waals surface area contributed by atoms with Gasteiger partial charge in [0.25, 0.3) is 0 Å². The van der Waals surface area contributed by atoms with E-state index < -0.39 is 29.8 Å². The minimum atomic E-state index is -1.81. The number of nitrogens with one attached hydrogen (secondary N) is 1. The second kappa shape index (κ2) is 6.78. The quantitative estimate of drug-likeness (QED) is 0.792. The Balaban J connectivity index is 2.95. The fourth-order valence-electron chi connectivity index (χ4n) is 1.59. The van der Waals surface area contributed by atoms with Crippen LogP contribution < -0.4 is 5.32 Å². The van der Waals surface area contributed by atoms with Gasteiger partial charge in [-0.2, -0.15) is 0 Å². The van der Waals surface area contributed by atoms with Crippen LogP contribution in [-0.2, 0) is 9.53 Å². The molecule has 0 unspecified atom stereocenters. The molecule has 0 aliphatic carbocycles. The van der Waals surface area contributed by atoms with Gasteiger partial charge in [0, 0.05) is 5.02 Å². The molecule has 0 bridgehead atoms. The van der Waals surface area contributed by atoms with Crippen LogP contribution in [0.3, 0.4) is 0 Å². The van der Waals surface area contributed by atoms with Gasteiger partial charge < -0.3 is 20.3 Å². The van der Waals surface area contributed by atoms with Gasteiger partial charge in [0.15, 0.2) is 6.10 Å². The number of alkyl carbamates (subject to hydrolysis) is 1. The summed E-state index contributed by atoms with van der Waals surface area (Å²) in [5, 5.41) is 21.5. The average molecular weight is 316 g/mol. The van der Waals surface area contributed by atoms with Crippen molar-refractivity contribution in [2.45, 2.75) is 38.5 Å². The number of carbonyl (C=O) groups excluding carboxylic acids is 1. The van der Waals surface area contributed by atoms with Crippen LogP contribution in [0.25, 0.3) is 0 Å². The highest BCUT2D eigenvalue weighted by atomic mass is 35.5. The molecule has 1 aromatic carbocycles. The van der Waals surface area contributed by atoms with Gasteiger partial charge in [-0.05, 0) is 38.5 Å². The van der Waals surface area contributed by atoms with Crippen LogP contribution in [0.15, 0.2) is 24.3 Å². The van der Waals surface area contributed by atoms with Crippen molar-refractivity contribution < 1.29 is 24.5 Å². The summed E-state index contributed by atoms with van der Waals surface area (Å²) in [4.78, 5) is 22.8. The van der Waals surface area contributed by atoms with Crippen LogP contribution >= 0.6 is 11.6 Å². The van der Waals surface area contributed by atoms with Gasteiger partial charge >= 0.3 is 12.1 Å². The molecule has 116 valence electrons. The Kier molecular flexibility index (Phi) is 5.57. The first-order valence-corrected chi connectivity index (χ1v) is 6.64. The van der Waals surface area contributed by atoms with Gasteiger partial charge in [-0.3, -0.25) is 0 Å². The summed E-state index contributed by atoms with van der Waals surface area (Å²) < 4.78 is 5.06. The predicted octanol–water partition coefficient (Wildman–Crippen LogP) is 2.35. The molecule has 0 aliphatic rings. The van der Waals surface area contributed by atoms with Crippen LogP contribution in [0.1, 0.15) is 32.4 Å². The summed E-state index contributed by atoms with van der Waals surface area (Å²) in [5.41, 5.74) is -0.330. The molecule has 0 heterocycles. The Labute approximate surface area is 127 Å². The van der Waals surface area contributed by atoms with Gasteiger partial charge in [0.2, 0.25) is 0 Å². The zero-order chi connectivity index (χ0) is 16.2. The molecule has 0 saturated carbocycles. The van der Waals surface area contributed by atoms with E-state index in [1.165, 1.54) is 24.3 Å². The third-order valence-corrected chi connectivity index (χ3v) is 2.72. The number of halogens is 1. The lowest BCUT2D eigenvalue weighted by atomic mass is 10.0. The van der Waals surface area contributed by atoms with Crippen molar-refractivity contribution in [2.75, 3.05) is 0 Å². The van der Waals surface area contributed by atoms with Crippen LogP contribution in [-0.4, -0.2) is 34.0 Å². The number of benzene rings is 1. The third kappa shape index (κ3) is 5.61. The van der Waals surface area contributed by atoms with Crippen LogP contribution in [0.2, 0.25) is 5.02 Å². The number of carboxylic acids is 1. The van der Waals surface area contributed by atoms with Crippen molar-refractivity contribution in [3.05, 3.63) is 34.9 Å². The Morgan fingerprint density at radius 3 is 2.19 bits per heavy atom. The standard InChI is InChI=1S/C14H18ClNO5/c1-14(2,3)21-13(20)16-10(11(17)12(18)19)8-4-6-9(15)7-5-8/h4-7,10-11,17H,1-3H3,(H,16,20)(H,18,19)/t10-,11+/m0/s1. The zero-order valence-corrected chi connectivity index (χ0v) is 12.7. The molecule has 1 rings (SSSR count). The minimum absolute atomic E-state index is 0.403. The molecule has 1 amide bonds. The summed E-state index contributed by atoms with van der Waals surface area (Å²) in [7, 11) is 0. The number of aliphatic hydroxyl groups excluding tert-OH is 1. The van der Waals surface area contributed by atoms with E-state index in [0.29, 0.717) is 10.6 Å². The Bertz CT molecular complexity index is 509. The topological polar surface area (TPSA) is 95.9 Å².